The van der Waals surface area contributed by atoms with E-state index in [1.54, 1.807) is 0 Å². The van der Waals surface area contributed by atoms with Gasteiger partial charge in [0.2, 0.25) is 11.8 Å². The molecule has 0 radical (unpaired) electrons. The fourth-order valence-corrected chi connectivity index (χ4v) is 1.81. The van der Waals surface area contributed by atoms with Gasteiger partial charge in [-0.15, -0.1) is 0 Å². The van der Waals surface area contributed by atoms with Gasteiger partial charge in [-0.2, -0.15) is 4.98 Å². The number of benzene rings is 1. The summed E-state index contributed by atoms with van der Waals surface area (Å²) in [6.07, 6.45) is 0. The van der Waals surface area contributed by atoms with E-state index in [0.717, 1.165) is 18.0 Å². The topological polar surface area (TPSA) is 47.0 Å². The van der Waals surface area contributed by atoms with Crippen LogP contribution >= 0.6 is 22.6 Å². The Hall–Kier alpha value is -1.37. The molecule has 0 aliphatic heterocycles. The van der Waals surface area contributed by atoms with E-state index in [0.29, 0.717) is 11.8 Å². The van der Waals surface area contributed by atoms with Crippen LogP contribution in [0.15, 0.2) is 30.3 Å². The van der Waals surface area contributed by atoms with Gasteiger partial charge in [0, 0.05) is 21.9 Å². The van der Waals surface area contributed by atoms with E-state index in [-0.39, 0.29) is 0 Å². The standard InChI is InChI=1S/C13H14IN3O/c1-3-15-13-16-9(2)8-12(17-13)18-11-6-4-10(14)5-7-11/h4-8H,3H2,1-2H3,(H,15,16,17). The number of nitrogens with one attached hydrogen (secondary N) is 1. The summed E-state index contributed by atoms with van der Waals surface area (Å²) in [5, 5.41) is 3.08. The van der Waals surface area contributed by atoms with Crippen LogP contribution in [0.4, 0.5) is 5.95 Å². The first kappa shape index (κ1) is 13.1. The van der Waals surface area contributed by atoms with Gasteiger partial charge in [-0.1, -0.05) is 0 Å². The van der Waals surface area contributed by atoms with E-state index in [9.17, 15) is 0 Å². The molecule has 1 aromatic carbocycles. The Morgan fingerprint density at radius 2 is 1.94 bits per heavy atom. The van der Waals surface area contributed by atoms with Crippen molar-refractivity contribution in [2.75, 3.05) is 11.9 Å². The van der Waals surface area contributed by atoms with Gasteiger partial charge in [-0.25, -0.2) is 4.98 Å². The summed E-state index contributed by atoms with van der Waals surface area (Å²) in [6.45, 7) is 4.71. The van der Waals surface area contributed by atoms with Crippen molar-refractivity contribution >= 4 is 28.5 Å². The van der Waals surface area contributed by atoms with E-state index in [4.69, 9.17) is 4.74 Å². The van der Waals surface area contributed by atoms with E-state index < -0.39 is 0 Å². The van der Waals surface area contributed by atoms with Gasteiger partial charge in [0.1, 0.15) is 5.75 Å². The number of nitrogens with zero attached hydrogens (tertiary/aromatic N) is 2. The third kappa shape index (κ3) is 3.56. The summed E-state index contributed by atoms with van der Waals surface area (Å²) in [7, 11) is 0. The number of rotatable bonds is 4. The molecule has 0 aliphatic carbocycles. The van der Waals surface area contributed by atoms with Crippen LogP contribution in [0.5, 0.6) is 11.6 Å². The summed E-state index contributed by atoms with van der Waals surface area (Å²) in [6, 6.07) is 9.65. The average Bonchev–Trinajstić information content (AvgIpc) is 2.32. The van der Waals surface area contributed by atoms with Crippen LogP contribution in [-0.4, -0.2) is 16.5 Å². The molecule has 0 atom stereocenters. The summed E-state index contributed by atoms with van der Waals surface area (Å²) in [5.41, 5.74) is 0.876. The Labute approximate surface area is 120 Å². The molecule has 0 bridgehead atoms. The quantitative estimate of drug-likeness (QED) is 0.852. The van der Waals surface area contributed by atoms with Crippen LogP contribution in [0.25, 0.3) is 0 Å². The first-order chi connectivity index (χ1) is 8.67. The maximum atomic E-state index is 5.71. The zero-order valence-electron chi connectivity index (χ0n) is 10.3. The lowest BCUT2D eigenvalue weighted by atomic mass is 10.3. The molecule has 0 fully saturated rings. The monoisotopic (exact) mass is 355 g/mol. The van der Waals surface area contributed by atoms with Crippen LogP contribution in [0.1, 0.15) is 12.6 Å². The van der Waals surface area contributed by atoms with Crippen molar-refractivity contribution in [3.8, 4) is 11.6 Å². The normalized spacial score (nSPS) is 10.2. The largest absolute Gasteiger partial charge is 0.439 e. The van der Waals surface area contributed by atoms with Gasteiger partial charge in [-0.3, -0.25) is 0 Å². The molecule has 1 heterocycles. The molecule has 1 aromatic heterocycles. The fraction of sp³-hybridized carbons (Fsp3) is 0.231. The number of aromatic nitrogens is 2. The van der Waals surface area contributed by atoms with Crippen LogP contribution in [0.3, 0.4) is 0 Å². The maximum absolute atomic E-state index is 5.71. The molecule has 2 rings (SSSR count). The average molecular weight is 355 g/mol. The second kappa shape index (κ2) is 5.99. The van der Waals surface area contributed by atoms with Crippen LogP contribution in [-0.2, 0) is 0 Å². The summed E-state index contributed by atoms with van der Waals surface area (Å²) < 4.78 is 6.88. The highest BCUT2D eigenvalue weighted by atomic mass is 127. The third-order valence-corrected chi connectivity index (χ3v) is 2.92. The maximum Gasteiger partial charge on any atom is 0.226 e. The van der Waals surface area contributed by atoms with Gasteiger partial charge >= 0.3 is 0 Å². The molecule has 4 nitrogen and oxygen atoms in total. The van der Waals surface area contributed by atoms with Crippen molar-refractivity contribution in [2.45, 2.75) is 13.8 Å². The number of aryl methyl sites for hydroxylation is 1. The molecular formula is C13H14IN3O. The minimum Gasteiger partial charge on any atom is -0.439 e. The molecule has 94 valence electrons. The molecule has 5 heteroatoms. The van der Waals surface area contributed by atoms with Gasteiger partial charge < -0.3 is 10.1 Å². The van der Waals surface area contributed by atoms with Crippen molar-refractivity contribution in [3.63, 3.8) is 0 Å². The molecule has 1 N–H and O–H groups in total. The molecular weight excluding hydrogens is 341 g/mol. The second-order valence-corrected chi connectivity index (χ2v) is 5.00. The highest BCUT2D eigenvalue weighted by molar-refractivity contribution is 14.1. The molecule has 0 saturated carbocycles. The first-order valence-corrected chi connectivity index (χ1v) is 6.78. The van der Waals surface area contributed by atoms with Crippen molar-refractivity contribution < 1.29 is 4.74 Å². The molecule has 0 unspecified atom stereocenters. The van der Waals surface area contributed by atoms with Crippen molar-refractivity contribution in [2.24, 2.45) is 0 Å². The smallest absolute Gasteiger partial charge is 0.226 e. The van der Waals surface area contributed by atoms with Crippen LogP contribution < -0.4 is 10.1 Å². The minimum atomic E-state index is 0.555. The summed E-state index contributed by atoms with van der Waals surface area (Å²) >= 11 is 2.26. The fourth-order valence-electron chi connectivity index (χ4n) is 1.45. The molecule has 2 aromatic rings. The number of halogens is 1. The molecule has 0 saturated heterocycles. The van der Waals surface area contributed by atoms with E-state index in [2.05, 4.69) is 37.9 Å². The van der Waals surface area contributed by atoms with E-state index in [1.807, 2.05) is 44.2 Å². The zero-order chi connectivity index (χ0) is 13.0. The van der Waals surface area contributed by atoms with E-state index >= 15 is 0 Å². The van der Waals surface area contributed by atoms with Crippen LogP contribution in [0, 0.1) is 10.5 Å². The Morgan fingerprint density at radius 1 is 1.22 bits per heavy atom. The number of hydrogen-bond donors (Lipinski definition) is 1. The highest BCUT2D eigenvalue weighted by Gasteiger charge is 2.03. The highest BCUT2D eigenvalue weighted by Crippen LogP contribution is 2.21. The van der Waals surface area contributed by atoms with Crippen LogP contribution in [0.2, 0.25) is 0 Å². The Kier molecular flexibility index (Phi) is 4.35. The lowest BCUT2D eigenvalue weighted by Crippen LogP contribution is -2.03. The predicted molar refractivity (Wildman–Crippen MR) is 80.2 cm³/mol. The Balaban J connectivity index is 2.20. The predicted octanol–water partition coefficient (Wildman–Crippen LogP) is 3.61. The number of hydrogen-bond acceptors (Lipinski definition) is 4. The lowest BCUT2D eigenvalue weighted by molar-refractivity contribution is 0.461. The summed E-state index contributed by atoms with van der Waals surface area (Å²) in [5.74, 6) is 1.92. The molecule has 0 aliphatic rings. The lowest BCUT2D eigenvalue weighted by Gasteiger charge is -2.08. The molecule has 18 heavy (non-hydrogen) atoms. The van der Waals surface area contributed by atoms with Gasteiger partial charge in [0.05, 0.1) is 0 Å². The Morgan fingerprint density at radius 3 is 2.61 bits per heavy atom. The van der Waals surface area contributed by atoms with Gasteiger partial charge in [-0.05, 0) is 60.7 Å². The third-order valence-electron chi connectivity index (χ3n) is 2.20. The minimum absolute atomic E-state index is 0.555. The molecule has 0 amide bonds. The molecule has 0 spiro atoms. The summed E-state index contributed by atoms with van der Waals surface area (Å²) in [4.78, 5) is 8.57. The zero-order valence-corrected chi connectivity index (χ0v) is 12.4. The second-order valence-electron chi connectivity index (χ2n) is 3.76. The van der Waals surface area contributed by atoms with Crippen molar-refractivity contribution in [1.29, 1.82) is 0 Å². The Bertz CT molecular complexity index is 528. The van der Waals surface area contributed by atoms with Crippen molar-refractivity contribution in [3.05, 3.63) is 39.6 Å². The van der Waals surface area contributed by atoms with Gasteiger partial charge in [0.15, 0.2) is 0 Å². The number of anilines is 1. The number of ether oxygens (including phenoxy) is 1. The van der Waals surface area contributed by atoms with Crippen molar-refractivity contribution in [1.82, 2.24) is 9.97 Å². The van der Waals surface area contributed by atoms with Gasteiger partial charge in [0.25, 0.3) is 0 Å². The van der Waals surface area contributed by atoms with E-state index in [1.165, 1.54) is 3.57 Å². The first-order valence-electron chi connectivity index (χ1n) is 5.70. The SMILES string of the molecule is CCNc1nc(C)cc(Oc2ccc(I)cc2)n1.